The van der Waals surface area contributed by atoms with Crippen molar-refractivity contribution >= 4 is 103 Å². The monoisotopic (exact) mass is 2020 g/mol. The summed E-state index contributed by atoms with van der Waals surface area (Å²) in [6.07, 6.45) is 146. The third-order valence-corrected chi connectivity index (χ3v) is 38.4. The highest BCUT2D eigenvalue weighted by Crippen LogP contribution is 2.48. The first-order valence-electron chi connectivity index (χ1n) is 63.9. The van der Waals surface area contributed by atoms with Gasteiger partial charge in [-0.15, -0.1) is 70.6 Å². The van der Waals surface area contributed by atoms with Crippen LogP contribution in [-0.2, 0) is 0 Å². The van der Waals surface area contributed by atoms with E-state index in [0.29, 0.717) is 0 Å². The number of fused-ring (bicyclic) bond motifs is 6. The molecule has 0 N–H and O–H groups in total. The molecule has 0 aliphatic carbocycles. The summed E-state index contributed by atoms with van der Waals surface area (Å²) in [4.78, 5) is 9.51. The van der Waals surface area contributed by atoms with Gasteiger partial charge in [0, 0.05) is 29.4 Å². The van der Waals surface area contributed by atoms with E-state index in [2.05, 4.69) is 149 Å². The second-order valence-electron chi connectivity index (χ2n) is 44.6. The van der Waals surface area contributed by atoms with Gasteiger partial charge in [0.25, 0.3) is 0 Å². The van der Waals surface area contributed by atoms with Crippen LogP contribution in [0.3, 0.4) is 0 Å². The third-order valence-electron chi connectivity index (χ3n) is 31.2. The Morgan fingerprint density at radius 2 is 0.159 bits per heavy atom. The Kier molecular flexibility index (Phi) is 97.9. The van der Waals surface area contributed by atoms with E-state index in [1.807, 2.05) is 0 Å². The first-order valence-corrected chi connectivity index (χ1v) is 69.8. The lowest BCUT2D eigenvalue weighted by molar-refractivity contribution is 0.529. The molecule has 0 aromatic heterocycles. The van der Waals surface area contributed by atoms with E-state index in [1.165, 1.54) is 689 Å². The van der Waals surface area contributed by atoms with Crippen LogP contribution in [-0.4, -0.2) is 34.5 Å². The summed E-state index contributed by atoms with van der Waals surface area (Å²) in [6, 6.07) is 16.9. The highest BCUT2D eigenvalue weighted by Gasteiger charge is 2.21. The zero-order valence-electron chi connectivity index (χ0n) is 94.3. The van der Waals surface area contributed by atoms with Gasteiger partial charge in [0.2, 0.25) is 0 Å². The molecule has 0 bridgehead atoms. The molecule has 4 aromatic carbocycles. The molecular weight excluding hydrogens is 1780 g/mol. The quantitative estimate of drug-likeness (QED) is 0.0244. The summed E-state index contributed by atoms with van der Waals surface area (Å²) in [5, 5.41) is 9.26. The molecule has 0 saturated heterocycles. The summed E-state index contributed by atoms with van der Waals surface area (Å²) in [5.74, 6) is 7.44. The van der Waals surface area contributed by atoms with Crippen LogP contribution in [0, 0.1) is 0 Å². The molecule has 0 nitrogen and oxygen atoms in total. The van der Waals surface area contributed by atoms with E-state index >= 15 is 0 Å². The molecule has 0 saturated carbocycles. The van der Waals surface area contributed by atoms with E-state index in [9.17, 15) is 0 Å². The molecule has 0 fully saturated rings. The highest BCUT2D eigenvalue weighted by molar-refractivity contribution is 8.03. The molecule has 0 amide bonds. The van der Waals surface area contributed by atoms with Crippen LogP contribution in [0.4, 0.5) is 0 Å². The van der Waals surface area contributed by atoms with Crippen molar-refractivity contribution in [3.8, 4) is 0 Å². The average Bonchev–Trinajstić information content (AvgIpc) is 0.724. The molecule has 138 heavy (non-hydrogen) atoms. The zero-order chi connectivity index (χ0) is 97.8. The lowest BCUT2D eigenvalue weighted by Crippen LogP contribution is -1.94. The van der Waals surface area contributed by atoms with Gasteiger partial charge in [-0.25, -0.2) is 0 Å². The largest absolute Gasteiger partial charge is 0.125 e. The van der Waals surface area contributed by atoms with Crippen LogP contribution in [0.1, 0.15) is 696 Å². The lowest BCUT2D eigenvalue weighted by Gasteiger charge is -2.20. The predicted octanol–water partition coefficient (Wildman–Crippen LogP) is 51.6. The van der Waals surface area contributed by atoms with Gasteiger partial charge in [-0.1, -0.05) is 658 Å². The Labute approximate surface area is 892 Å². The second-order valence-corrected chi connectivity index (χ2v) is 51.4. The van der Waals surface area contributed by atoms with Crippen molar-refractivity contribution < 1.29 is 0 Å². The molecule has 804 valence electrons. The highest BCUT2D eigenvalue weighted by atomic mass is 32.2. The molecule has 0 spiro atoms. The molecule has 0 atom stereocenters. The summed E-state index contributed by atoms with van der Waals surface area (Å²) >= 11 is 13.5. The Bertz CT molecular complexity index is 2590. The smallest absolute Gasteiger partial charge is 0.0215 e. The number of unbranched alkanes of at least 4 members (excludes halogenated alkanes) is 96. The van der Waals surface area contributed by atoms with Gasteiger partial charge >= 0.3 is 0 Å². The SMILES string of the molecule is CCCCCCCCCCCCCCCCCCCSc1cc2c3cc(SCCCCCCCCCCCCCCCCCCC)c(SCCCCCCCCCCCCCCCCCCC)cc3c3cc(SCCCCCCCCCCCCCCCCCCC)c(SCCCCCCCCCCCCCCCCCCC)cc3c2cc1SCCCCCCCCCCCCCCCCCCC. The van der Waals surface area contributed by atoms with E-state index in [-0.39, 0.29) is 0 Å². The normalized spacial score (nSPS) is 12.0. The van der Waals surface area contributed by atoms with Crippen molar-refractivity contribution in [2.75, 3.05) is 34.5 Å². The van der Waals surface area contributed by atoms with Gasteiger partial charge < -0.3 is 0 Å². The number of rotatable bonds is 114. The fraction of sp³-hybridized carbons (Fsp3) is 0.864. The van der Waals surface area contributed by atoms with Crippen molar-refractivity contribution in [1.82, 2.24) is 0 Å². The molecule has 0 aliphatic heterocycles. The maximum atomic E-state index is 2.81. The standard InChI is InChI=1S/C132H240S6/c1-7-13-19-25-31-37-43-49-55-61-67-73-79-85-91-97-103-109-133-127-115-121-122(116-128(127)134-110-104-98-92-86-80-74-68-62-56-50-44-38-32-26-20-14-8-2)124-118-130(136-112-106-100-94-88-82-76-70-64-58-52-46-40-34-28-22-16-10-4)132(138-114-108-102-96-90-84-78-72-66-60-54-48-42-36-30-24-18-12-6)120-126(124)125-119-131(137-113-107-101-95-89-83-77-71-65-59-53-47-41-35-29-23-17-11-5)129(117-123(121)125)135-111-105-99-93-87-81-75-69-63-57-51-45-39-33-27-21-15-9-3/h115-120H,7-114H2,1-6H3. The lowest BCUT2D eigenvalue weighted by atomic mass is 9.94. The first-order chi connectivity index (χ1) is 68.6. The molecule has 0 heterocycles. The Morgan fingerprint density at radius 1 is 0.0942 bits per heavy atom. The van der Waals surface area contributed by atoms with Crippen molar-refractivity contribution in [2.45, 2.75) is 726 Å². The fourth-order valence-corrected chi connectivity index (χ4v) is 28.6. The Balaban J connectivity index is 1.69. The minimum absolute atomic E-state index is 1.24. The average molecular weight is 2020 g/mol. The van der Waals surface area contributed by atoms with Crippen molar-refractivity contribution in [1.29, 1.82) is 0 Å². The number of benzene rings is 4. The van der Waals surface area contributed by atoms with E-state index in [4.69, 9.17) is 0 Å². The minimum Gasteiger partial charge on any atom is -0.125 e. The summed E-state index contributed by atoms with van der Waals surface area (Å²) in [6.45, 7) is 14.0. The minimum atomic E-state index is 1.24. The van der Waals surface area contributed by atoms with E-state index in [0.717, 1.165) is 0 Å². The number of thioether (sulfide) groups is 6. The predicted molar refractivity (Wildman–Crippen MR) is 648 cm³/mol. The summed E-state index contributed by atoms with van der Waals surface area (Å²) in [7, 11) is 0. The van der Waals surface area contributed by atoms with Gasteiger partial charge in [0.05, 0.1) is 0 Å². The van der Waals surface area contributed by atoms with Gasteiger partial charge in [0.15, 0.2) is 0 Å². The van der Waals surface area contributed by atoms with Crippen LogP contribution in [0.5, 0.6) is 0 Å². The van der Waals surface area contributed by atoms with Gasteiger partial charge in [-0.05, 0) is 142 Å². The molecule has 6 heteroatoms. The van der Waals surface area contributed by atoms with Crippen LogP contribution >= 0.6 is 70.6 Å². The van der Waals surface area contributed by atoms with E-state index in [1.54, 1.807) is 61.7 Å². The van der Waals surface area contributed by atoms with Crippen molar-refractivity contribution in [3.63, 3.8) is 0 Å². The van der Waals surface area contributed by atoms with Crippen molar-refractivity contribution in [2.24, 2.45) is 0 Å². The topological polar surface area (TPSA) is 0 Å². The van der Waals surface area contributed by atoms with Crippen LogP contribution in [0.2, 0.25) is 0 Å². The molecule has 0 radical (unpaired) electrons. The fourth-order valence-electron chi connectivity index (χ4n) is 21.7. The number of hydrogen-bond donors (Lipinski definition) is 0. The Hall–Kier alpha value is -0.240. The van der Waals surface area contributed by atoms with E-state index < -0.39 is 0 Å². The molecule has 0 unspecified atom stereocenters. The summed E-state index contributed by atoms with van der Waals surface area (Å²) < 4.78 is 0. The summed E-state index contributed by atoms with van der Waals surface area (Å²) in [5.41, 5.74) is 0. The molecule has 4 rings (SSSR count). The first kappa shape index (κ1) is 130. The van der Waals surface area contributed by atoms with Crippen molar-refractivity contribution in [3.05, 3.63) is 36.4 Å². The molecule has 0 aliphatic rings. The Morgan fingerprint density at radius 3 is 0.232 bits per heavy atom. The maximum Gasteiger partial charge on any atom is 0.0215 e. The number of hydrogen-bond acceptors (Lipinski definition) is 6. The van der Waals surface area contributed by atoms with Gasteiger partial charge in [0.1, 0.15) is 0 Å². The zero-order valence-corrected chi connectivity index (χ0v) is 99.2. The van der Waals surface area contributed by atoms with Gasteiger partial charge in [-0.3, -0.25) is 0 Å². The molecular formula is C132H240S6. The second kappa shape index (κ2) is 104. The maximum absolute atomic E-state index is 2.81. The van der Waals surface area contributed by atoms with Crippen LogP contribution in [0.25, 0.3) is 32.3 Å². The van der Waals surface area contributed by atoms with Crippen LogP contribution in [0.15, 0.2) is 65.8 Å². The van der Waals surface area contributed by atoms with Gasteiger partial charge in [-0.2, -0.15) is 0 Å². The third kappa shape index (κ3) is 76.3. The molecule has 4 aromatic rings. The van der Waals surface area contributed by atoms with Crippen LogP contribution < -0.4 is 0 Å².